The van der Waals surface area contributed by atoms with E-state index in [0.717, 1.165) is 18.1 Å². The zero-order valence-electron chi connectivity index (χ0n) is 11.7. The van der Waals surface area contributed by atoms with Crippen LogP contribution in [0.5, 0.6) is 5.75 Å². The van der Waals surface area contributed by atoms with Gasteiger partial charge in [-0.25, -0.2) is 0 Å². The number of hydrogen-bond acceptors (Lipinski definition) is 2. The van der Waals surface area contributed by atoms with Gasteiger partial charge in [0.25, 0.3) is 0 Å². The van der Waals surface area contributed by atoms with Gasteiger partial charge in [-0.3, -0.25) is 0 Å². The highest BCUT2D eigenvalue weighted by Gasteiger charge is 2.15. The van der Waals surface area contributed by atoms with Gasteiger partial charge in [0.05, 0.1) is 7.11 Å². The van der Waals surface area contributed by atoms with E-state index in [1.165, 1.54) is 44.3 Å². The lowest BCUT2D eigenvalue weighted by Gasteiger charge is -2.15. The van der Waals surface area contributed by atoms with Crippen molar-refractivity contribution in [3.8, 4) is 5.75 Å². The molecular formula is C16H25NO. The van der Waals surface area contributed by atoms with Crippen LogP contribution < -0.4 is 4.74 Å². The Kier molecular flexibility index (Phi) is 5.06. The third-order valence-electron chi connectivity index (χ3n) is 4.09. The van der Waals surface area contributed by atoms with Crippen molar-refractivity contribution >= 4 is 0 Å². The molecule has 1 aromatic rings. The number of aryl methyl sites for hydroxylation is 1. The lowest BCUT2D eigenvalue weighted by molar-refractivity contribution is 0.338. The zero-order chi connectivity index (χ0) is 12.8. The molecule has 1 aromatic carbocycles. The molecule has 0 N–H and O–H groups in total. The third-order valence-corrected chi connectivity index (χ3v) is 4.09. The Morgan fingerprint density at radius 3 is 2.89 bits per heavy atom. The summed E-state index contributed by atoms with van der Waals surface area (Å²) >= 11 is 0. The molecule has 0 saturated carbocycles. The molecule has 1 aliphatic heterocycles. The van der Waals surface area contributed by atoms with Gasteiger partial charge in [-0.1, -0.05) is 18.2 Å². The second-order valence-corrected chi connectivity index (χ2v) is 5.45. The topological polar surface area (TPSA) is 12.5 Å². The predicted molar refractivity (Wildman–Crippen MR) is 76.2 cm³/mol. The molecule has 2 nitrogen and oxygen atoms in total. The van der Waals surface area contributed by atoms with Crippen LogP contribution in [-0.2, 0) is 6.42 Å². The molecule has 0 bridgehead atoms. The van der Waals surface area contributed by atoms with E-state index in [9.17, 15) is 0 Å². The molecule has 2 rings (SSSR count). The maximum Gasteiger partial charge on any atom is 0.122 e. The first kappa shape index (κ1) is 13.4. The van der Waals surface area contributed by atoms with E-state index in [0.29, 0.717) is 0 Å². The smallest absolute Gasteiger partial charge is 0.122 e. The van der Waals surface area contributed by atoms with Crippen LogP contribution in [0.25, 0.3) is 0 Å². The first-order valence-corrected chi connectivity index (χ1v) is 7.10. The maximum atomic E-state index is 5.42. The summed E-state index contributed by atoms with van der Waals surface area (Å²) in [5, 5.41) is 0. The summed E-state index contributed by atoms with van der Waals surface area (Å²) in [5.74, 6) is 1.93. The Balaban J connectivity index is 1.87. The number of methoxy groups -OCH3 is 1. The minimum Gasteiger partial charge on any atom is -0.496 e. The van der Waals surface area contributed by atoms with Crippen molar-refractivity contribution < 1.29 is 4.74 Å². The van der Waals surface area contributed by atoms with Gasteiger partial charge in [0.1, 0.15) is 5.75 Å². The second kappa shape index (κ2) is 6.79. The van der Waals surface area contributed by atoms with Crippen LogP contribution in [0.4, 0.5) is 0 Å². The SMILES string of the molecule is COc1ccccc1CCC1CCCN(C)CC1. The third kappa shape index (κ3) is 3.74. The number of para-hydroxylation sites is 1. The van der Waals surface area contributed by atoms with Crippen molar-refractivity contribution in [2.75, 3.05) is 27.2 Å². The molecule has 1 fully saturated rings. The minimum atomic E-state index is 0.889. The number of nitrogens with zero attached hydrogens (tertiary/aromatic N) is 1. The van der Waals surface area contributed by atoms with Crippen molar-refractivity contribution in [1.29, 1.82) is 0 Å². The molecule has 1 aliphatic rings. The van der Waals surface area contributed by atoms with Gasteiger partial charge in [-0.2, -0.15) is 0 Å². The molecule has 1 atom stereocenters. The quantitative estimate of drug-likeness (QED) is 0.809. The van der Waals surface area contributed by atoms with E-state index >= 15 is 0 Å². The highest BCUT2D eigenvalue weighted by atomic mass is 16.5. The molecule has 0 aliphatic carbocycles. The van der Waals surface area contributed by atoms with E-state index in [4.69, 9.17) is 4.74 Å². The Bertz CT molecular complexity index is 364. The number of hydrogen-bond donors (Lipinski definition) is 0. The summed E-state index contributed by atoms with van der Waals surface area (Å²) in [6.45, 7) is 2.53. The van der Waals surface area contributed by atoms with E-state index in [-0.39, 0.29) is 0 Å². The summed E-state index contributed by atoms with van der Waals surface area (Å²) < 4.78 is 5.42. The summed E-state index contributed by atoms with van der Waals surface area (Å²) in [6.07, 6.45) is 6.55. The lowest BCUT2D eigenvalue weighted by atomic mass is 9.93. The maximum absolute atomic E-state index is 5.42. The fourth-order valence-corrected chi connectivity index (χ4v) is 2.87. The minimum absolute atomic E-state index is 0.889. The molecule has 1 heterocycles. The van der Waals surface area contributed by atoms with Gasteiger partial charge in [0, 0.05) is 0 Å². The molecule has 100 valence electrons. The van der Waals surface area contributed by atoms with Crippen molar-refractivity contribution in [3.05, 3.63) is 29.8 Å². The van der Waals surface area contributed by atoms with E-state index in [2.05, 4.69) is 30.1 Å². The molecule has 1 unspecified atom stereocenters. The molecule has 0 amide bonds. The van der Waals surface area contributed by atoms with E-state index in [1.54, 1.807) is 7.11 Å². The Labute approximate surface area is 111 Å². The average Bonchev–Trinajstić information content (AvgIpc) is 2.61. The van der Waals surface area contributed by atoms with Crippen LogP contribution in [0.3, 0.4) is 0 Å². The predicted octanol–water partition coefficient (Wildman–Crippen LogP) is 3.36. The van der Waals surface area contributed by atoms with Gasteiger partial charge in [-0.15, -0.1) is 0 Å². The Hall–Kier alpha value is -1.02. The van der Waals surface area contributed by atoms with E-state index < -0.39 is 0 Å². The van der Waals surface area contributed by atoms with Crippen molar-refractivity contribution in [3.63, 3.8) is 0 Å². The molecule has 0 radical (unpaired) electrons. The van der Waals surface area contributed by atoms with Crippen LogP contribution in [0.1, 0.15) is 31.2 Å². The summed E-state index contributed by atoms with van der Waals surface area (Å²) in [5.41, 5.74) is 1.36. The van der Waals surface area contributed by atoms with E-state index in [1.807, 2.05) is 6.07 Å². The summed E-state index contributed by atoms with van der Waals surface area (Å²) in [7, 11) is 4.00. The highest BCUT2D eigenvalue weighted by Crippen LogP contribution is 2.25. The van der Waals surface area contributed by atoms with Crippen molar-refractivity contribution in [1.82, 2.24) is 4.90 Å². The first-order chi connectivity index (χ1) is 8.79. The van der Waals surface area contributed by atoms with Crippen LogP contribution in [0.2, 0.25) is 0 Å². The highest BCUT2D eigenvalue weighted by molar-refractivity contribution is 5.33. The van der Waals surface area contributed by atoms with Crippen molar-refractivity contribution in [2.24, 2.45) is 5.92 Å². The Morgan fingerprint density at radius 2 is 2.06 bits per heavy atom. The number of benzene rings is 1. The van der Waals surface area contributed by atoms with Gasteiger partial charge in [-0.05, 0) is 69.8 Å². The molecule has 18 heavy (non-hydrogen) atoms. The zero-order valence-corrected chi connectivity index (χ0v) is 11.7. The van der Waals surface area contributed by atoms with Gasteiger partial charge in [0.15, 0.2) is 0 Å². The molecule has 2 heteroatoms. The van der Waals surface area contributed by atoms with Gasteiger partial charge in [0.2, 0.25) is 0 Å². The number of rotatable bonds is 4. The van der Waals surface area contributed by atoms with Gasteiger partial charge >= 0.3 is 0 Å². The van der Waals surface area contributed by atoms with Gasteiger partial charge < -0.3 is 9.64 Å². The average molecular weight is 247 g/mol. The molecular weight excluding hydrogens is 222 g/mol. The molecule has 0 spiro atoms. The fourth-order valence-electron chi connectivity index (χ4n) is 2.87. The molecule has 0 aromatic heterocycles. The van der Waals surface area contributed by atoms with Crippen LogP contribution >= 0.6 is 0 Å². The van der Waals surface area contributed by atoms with Crippen LogP contribution in [-0.4, -0.2) is 32.1 Å². The summed E-state index contributed by atoms with van der Waals surface area (Å²) in [6, 6.07) is 8.42. The largest absolute Gasteiger partial charge is 0.496 e. The normalized spacial score (nSPS) is 21.6. The first-order valence-electron chi connectivity index (χ1n) is 7.10. The van der Waals surface area contributed by atoms with Crippen molar-refractivity contribution in [2.45, 2.75) is 32.1 Å². The number of ether oxygens (including phenoxy) is 1. The molecule has 1 saturated heterocycles. The second-order valence-electron chi connectivity index (χ2n) is 5.45. The van der Waals surface area contributed by atoms with Crippen LogP contribution in [0, 0.1) is 5.92 Å². The Morgan fingerprint density at radius 1 is 1.22 bits per heavy atom. The lowest BCUT2D eigenvalue weighted by Crippen LogP contribution is -2.18. The van der Waals surface area contributed by atoms with Crippen LogP contribution in [0.15, 0.2) is 24.3 Å². The number of likely N-dealkylation sites (tertiary alicyclic amines) is 1. The fraction of sp³-hybridized carbons (Fsp3) is 0.625. The monoisotopic (exact) mass is 247 g/mol. The summed E-state index contributed by atoms with van der Waals surface area (Å²) in [4.78, 5) is 2.46. The standard InChI is InChI=1S/C16H25NO/c1-17-12-5-6-14(11-13-17)9-10-15-7-3-4-8-16(15)18-2/h3-4,7-8,14H,5-6,9-13H2,1-2H3.